The van der Waals surface area contributed by atoms with E-state index in [2.05, 4.69) is 5.32 Å². The number of ether oxygens (including phenoxy) is 1. The van der Waals surface area contributed by atoms with Crippen molar-refractivity contribution >= 4 is 15.7 Å². The molecule has 2 aromatic carbocycles. The Hall–Kier alpha value is -2.38. The summed E-state index contributed by atoms with van der Waals surface area (Å²) in [5.74, 6) is 0.0568. The molecule has 0 unspecified atom stereocenters. The van der Waals surface area contributed by atoms with Gasteiger partial charge in [0.25, 0.3) is 0 Å². The Morgan fingerprint density at radius 1 is 1.16 bits per heavy atom. The molecule has 7 heteroatoms. The molecule has 0 spiro atoms. The van der Waals surface area contributed by atoms with Crippen molar-refractivity contribution in [3.8, 4) is 5.75 Å². The van der Waals surface area contributed by atoms with Gasteiger partial charge in [-0.15, -0.1) is 0 Å². The summed E-state index contributed by atoms with van der Waals surface area (Å²) in [6.07, 6.45) is 1.20. The van der Waals surface area contributed by atoms with Crippen LogP contribution in [-0.4, -0.2) is 38.7 Å². The SMILES string of the molecule is O=C(CO)NC[C@H]1CCc2ccc(S(=O)(=O)c3ccccc3)cc2O1. The van der Waals surface area contributed by atoms with Crippen LogP contribution in [0.15, 0.2) is 58.3 Å². The first-order valence-electron chi connectivity index (χ1n) is 7.98. The molecular weight excluding hydrogens is 342 g/mol. The second-order valence-electron chi connectivity index (χ2n) is 5.83. The highest BCUT2D eigenvalue weighted by atomic mass is 32.2. The summed E-state index contributed by atoms with van der Waals surface area (Å²) in [5.41, 5.74) is 0.941. The lowest BCUT2D eigenvalue weighted by Gasteiger charge is -2.26. The molecule has 1 aliphatic rings. The lowest BCUT2D eigenvalue weighted by Crippen LogP contribution is -2.38. The molecule has 1 atom stereocenters. The Morgan fingerprint density at radius 2 is 1.92 bits per heavy atom. The van der Waals surface area contributed by atoms with Gasteiger partial charge in [0.2, 0.25) is 15.7 Å². The Morgan fingerprint density at radius 3 is 2.64 bits per heavy atom. The quantitative estimate of drug-likeness (QED) is 0.838. The van der Waals surface area contributed by atoms with Crippen molar-refractivity contribution in [2.75, 3.05) is 13.2 Å². The average molecular weight is 361 g/mol. The van der Waals surface area contributed by atoms with E-state index in [0.717, 1.165) is 12.0 Å². The Labute approximate surface area is 146 Å². The number of rotatable bonds is 5. The van der Waals surface area contributed by atoms with Gasteiger partial charge in [-0.3, -0.25) is 4.79 Å². The molecule has 0 radical (unpaired) electrons. The standard InChI is InChI=1S/C18H19NO5S/c20-12-18(21)19-11-14-8-6-13-7-9-16(10-17(13)24-14)25(22,23)15-4-2-1-3-5-15/h1-5,7,9-10,14,20H,6,8,11-12H2,(H,19,21)/t14-/m1/s1. The molecule has 2 N–H and O–H groups in total. The maximum atomic E-state index is 12.7. The van der Waals surface area contributed by atoms with Crippen molar-refractivity contribution in [1.82, 2.24) is 5.32 Å². The summed E-state index contributed by atoms with van der Waals surface area (Å²) in [7, 11) is -3.60. The van der Waals surface area contributed by atoms with Gasteiger partial charge in [0.05, 0.1) is 16.3 Å². The first-order chi connectivity index (χ1) is 12.0. The molecule has 0 bridgehead atoms. The van der Waals surface area contributed by atoms with Crippen LogP contribution in [0, 0.1) is 0 Å². The molecule has 25 heavy (non-hydrogen) atoms. The number of carbonyl (C=O) groups is 1. The van der Waals surface area contributed by atoms with Crippen LogP contribution in [0.4, 0.5) is 0 Å². The van der Waals surface area contributed by atoms with Crippen molar-refractivity contribution in [3.63, 3.8) is 0 Å². The molecule has 3 rings (SSSR count). The van der Waals surface area contributed by atoms with Crippen LogP contribution in [0.2, 0.25) is 0 Å². The fourth-order valence-electron chi connectivity index (χ4n) is 2.74. The molecule has 0 fully saturated rings. The highest BCUT2D eigenvalue weighted by molar-refractivity contribution is 7.91. The summed E-state index contributed by atoms with van der Waals surface area (Å²) in [6, 6.07) is 13.2. The van der Waals surface area contributed by atoms with Gasteiger partial charge in [-0.1, -0.05) is 24.3 Å². The van der Waals surface area contributed by atoms with Crippen LogP contribution in [0.5, 0.6) is 5.75 Å². The summed E-state index contributed by atoms with van der Waals surface area (Å²) in [4.78, 5) is 11.6. The van der Waals surface area contributed by atoms with E-state index in [-0.39, 0.29) is 22.4 Å². The molecular formula is C18H19NO5S. The minimum absolute atomic E-state index is 0.178. The van der Waals surface area contributed by atoms with Crippen LogP contribution < -0.4 is 10.1 Å². The fraction of sp³-hybridized carbons (Fsp3) is 0.278. The van der Waals surface area contributed by atoms with E-state index in [0.29, 0.717) is 12.2 Å². The van der Waals surface area contributed by atoms with Crippen molar-refractivity contribution in [3.05, 3.63) is 54.1 Å². The van der Waals surface area contributed by atoms with Crippen LogP contribution in [-0.2, 0) is 21.1 Å². The van der Waals surface area contributed by atoms with Gasteiger partial charge in [0.15, 0.2) is 0 Å². The molecule has 2 aromatic rings. The van der Waals surface area contributed by atoms with E-state index < -0.39 is 22.4 Å². The number of nitrogens with one attached hydrogen (secondary N) is 1. The van der Waals surface area contributed by atoms with E-state index in [9.17, 15) is 13.2 Å². The van der Waals surface area contributed by atoms with E-state index >= 15 is 0 Å². The minimum Gasteiger partial charge on any atom is -0.488 e. The van der Waals surface area contributed by atoms with Crippen LogP contribution in [0.1, 0.15) is 12.0 Å². The molecule has 1 amide bonds. The normalized spacial score (nSPS) is 16.6. The Kier molecular flexibility index (Phi) is 5.06. The number of aliphatic hydroxyl groups excluding tert-OH is 1. The van der Waals surface area contributed by atoms with Gasteiger partial charge < -0.3 is 15.2 Å². The summed E-state index contributed by atoms with van der Waals surface area (Å²) in [5, 5.41) is 11.3. The number of hydrogen-bond acceptors (Lipinski definition) is 5. The number of hydrogen-bond donors (Lipinski definition) is 2. The predicted molar refractivity (Wildman–Crippen MR) is 91.2 cm³/mol. The summed E-state index contributed by atoms with van der Waals surface area (Å²) in [6.45, 7) is -0.294. The summed E-state index contributed by atoms with van der Waals surface area (Å²) >= 11 is 0. The number of carbonyl (C=O) groups excluding carboxylic acids is 1. The maximum Gasteiger partial charge on any atom is 0.245 e. The van der Waals surface area contributed by atoms with E-state index in [1.165, 1.54) is 6.07 Å². The number of amides is 1. The molecule has 1 aliphatic heterocycles. The van der Waals surface area contributed by atoms with E-state index in [4.69, 9.17) is 9.84 Å². The van der Waals surface area contributed by atoms with Crippen LogP contribution in [0.25, 0.3) is 0 Å². The topological polar surface area (TPSA) is 92.7 Å². The van der Waals surface area contributed by atoms with Gasteiger partial charge in [-0.05, 0) is 42.7 Å². The first kappa shape index (κ1) is 17.4. The molecule has 0 aliphatic carbocycles. The average Bonchev–Trinajstić information content (AvgIpc) is 2.66. The smallest absolute Gasteiger partial charge is 0.245 e. The second kappa shape index (κ2) is 7.25. The Balaban J connectivity index is 1.82. The molecule has 0 saturated carbocycles. The maximum absolute atomic E-state index is 12.7. The Bertz CT molecular complexity index is 864. The minimum atomic E-state index is -3.60. The molecule has 6 nitrogen and oxygen atoms in total. The third-order valence-corrected chi connectivity index (χ3v) is 5.87. The monoisotopic (exact) mass is 361 g/mol. The zero-order chi connectivity index (χ0) is 17.9. The largest absolute Gasteiger partial charge is 0.488 e. The molecule has 0 saturated heterocycles. The second-order valence-corrected chi connectivity index (χ2v) is 7.78. The van der Waals surface area contributed by atoms with Gasteiger partial charge in [0.1, 0.15) is 18.5 Å². The lowest BCUT2D eigenvalue weighted by atomic mass is 10.0. The molecule has 132 valence electrons. The fourth-order valence-corrected chi connectivity index (χ4v) is 4.03. The van der Waals surface area contributed by atoms with Crippen molar-refractivity contribution < 1.29 is 23.1 Å². The van der Waals surface area contributed by atoms with Crippen molar-refractivity contribution in [1.29, 1.82) is 0 Å². The van der Waals surface area contributed by atoms with E-state index in [1.54, 1.807) is 42.5 Å². The zero-order valence-electron chi connectivity index (χ0n) is 13.5. The highest BCUT2D eigenvalue weighted by Gasteiger charge is 2.24. The first-order valence-corrected chi connectivity index (χ1v) is 9.46. The van der Waals surface area contributed by atoms with Crippen molar-refractivity contribution in [2.24, 2.45) is 0 Å². The molecule has 1 heterocycles. The number of sulfone groups is 1. The van der Waals surface area contributed by atoms with Gasteiger partial charge in [-0.25, -0.2) is 8.42 Å². The highest BCUT2D eigenvalue weighted by Crippen LogP contribution is 2.32. The van der Waals surface area contributed by atoms with Gasteiger partial charge in [-0.2, -0.15) is 0 Å². The van der Waals surface area contributed by atoms with E-state index in [1.807, 2.05) is 0 Å². The zero-order valence-corrected chi connectivity index (χ0v) is 14.3. The van der Waals surface area contributed by atoms with Crippen molar-refractivity contribution in [2.45, 2.75) is 28.7 Å². The van der Waals surface area contributed by atoms with Crippen LogP contribution >= 0.6 is 0 Å². The molecule has 0 aromatic heterocycles. The predicted octanol–water partition coefficient (Wildman–Crippen LogP) is 1.32. The number of aliphatic hydroxyl groups is 1. The lowest BCUT2D eigenvalue weighted by molar-refractivity contribution is -0.124. The third kappa shape index (κ3) is 3.83. The number of benzene rings is 2. The third-order valence-electron chi connectivity index (χ3n) is 4.10. The summed E-state index contributed by atoms with van der Waals surface area (Å²) < 4.78 is 31.3. The van der Waals surface area contributed by atoms with Gasteiger partial charge in [0, 0.05) is 0 Å². The van der Waals surface area contributed by atoms with Crippen LogP contribution in [0.3, 0.4) is 0 Å². The van der Waals surface area contributed by atoms with Gasteiger partial charge >= 0.3 is 0 Å². The number of aryl methyl sites for hydroxylation is 1. The number of fused-ring (bicyclic) bond motifs is 1.